The second kappa shape index (κ2) is 3.47. The van der Waals surface area contributed by atoms with Gasteiger partial charge in [0.15, 0.2) is 11.5 Å². The van der Waals surface area contributed by atoms with Crippen LogP contribution in [0.2, 0.25) is 0 Å². The lowest BCUT2D eigenvalue weighted by atomic mass is 10.1. The minimum atomic E-state index is -0.215. The van der Waals surface area contributed by atoms with Gasteiger partial charge in [0, 0.05) is 10.5 Å². The van der Waals surface area contributed by atoms with Gasteiger partial charge in [0.1, 0.15) is 5.82 Å². The van der Waals surface area contributed by atoms with Crippen molar-refractivity contribution < 1.29 is 10.2 Å². The van der Waals surface area contributed by atoms with Gasteiger partial charge >= 0.3 is 0 Å². The van der Waals surface area contributed by atoms with Crippen LogP contribution in [0.5, 0.6) is 11.5 Å². The molecular formula is C9H8BrN3O2. The number of hydrogen-bond acceptors (Lipinski definition) is 4. The highest BCUT2D eigenvalue weighted by atomic mass is 79.9. The Balaban J connectivity index is 2.66. The normalized spacial score (nSPS) is 10.5. The molecule has 1 aromatic carbocycles. The topological polar surface area (TPSA) is 95.2 Å². The van der Waals surface area contributed by atoms with Crippen molar-refractivity contribution in [1.82, 2.24) is 10.2 Å². The minimum Gasteiger partial charge on any atom is -0.504 e. The maximum Gasteiger partial charge on any atom is 0.168 e. The number of aromatic hydroxyl groups is 2. The molecule has 0 bridgehead atoms. The molecule has 5 N–H and O–H groups in total. The van der Waals surface area contributed by atoms with Crippen LogP contribution in [0, 0.1) is 0 Å². The van der Waals surface area contributed by atoms with Crippen LogP contribution in [0.15, 0.2) is 22.7 Å². The largest absolute Gasteiger partial charge is 0.504 e. The van der Waals surface area contributed by atoms with E-state index < -0.39 is 0 Å². The molecule has 2 aromatic rings. The second-order valence-electron chi connectivity index (χ2n) is 3.00. The van der Waals surface area contributed by atoms with Crippen LogP contribution in [0.3, 0.4) is 0 Å². The predicted octanol–water partition coefficient (Wildman–Crippen LogP) is 1.83. The lowest BCUT2D eigenvalue weighted by molar-refractivity contribution is 0.405. The predicted molar refractivity (Wildman–Crippen MR) is 59.5 cm³/mol. The van der Waals surface area contributed by atoms with E-state index in [1.807, 2.05) is 0 Å². The van der Waals surface area contributed by atoms with Crippen LogP contribution in [0.4, 0.5) is 5.82 Å². The molecule has 0 amide bonds. The third-order valence-corrected chi connectivity index (χ3v) is 2.63. The number of hydrogen-bond donors (Lipinski definition) is 4. The Kier molecular flexibility index (Phi) is 2.28. The van der Waals surface area contributed by atoms with Gasteiger partial charge in [-0.1, -0.05) is 0 Å². The molecule has 1 heterocycles. The van der Waals surface area contributed by atoms with Crippen LogP contribution in [0.1, 0.15) is 0 Å². The van der Waals surface area contributed by atoms with Crippen LogP contribution < -0.4 is 5.73 Å². The van der Waals surface area contributed by atoms with E-state index in [2.05, 4.69) is 26.1 Å². The van der Waals surface area contributed by atoms with Crippen LogP contribution in [-0.2, 0) is 0 Å². The number of nitrogen functional groups attached to an aromatic ring is 1. The number of aromatic amines is 1. The maximum absolute atomic E-state index is 9.67. The lowest BCUT2D eigenvalue weighted by Gasteiger charge is -2.06. The Bertz CT molecular complexity index is 510. The third-order valence-electron chi connectivity index (χ3n) is 1.97. The van der Waals surface area contributed by atoms with E-state index in [1.54, 1.807) is 12.1 Å². The zero-order chi connectivity index (χ0) is 11.0. The molecule has 2 rings (SSSR count). The molecule has 0 fully saturated rings. The summed E-state index contributed by atoms with van der Waals surface area (Å²) in [4.78, 5) is 0. The van der Waals surface area contributed by atoms with Crippen LogP contribution >= 0.6 is 15.9 Å². The van der Waals surface area contributed by atoms with Crippen molar-refractivity contribution in [1.29, 1.82) is 0 Å². The summed E-state index contributed by atoms with van der Waals surface area (Å²) >= 11 is 3.27. The Morgan fingerprint density at radius 3 is 2.67 bits per heavy atom. The van der Waals surface area contributed by atoms with E-state index >= 15 is 0 Å². The SMILES string of the molecule is Nc1cc(-c2c(Br)ccc(O)c2O)[nH]n1. The number of anilines is 1. The Hall–Kier alpha value is -1.69. The highest BCUT2D eigenvalue weighted by Crippen LogP contribution is 2.40. The van der Waals surface area contributed by atoms with E-state index in [4.69, 9.17) is 5.73 Å². The summed E-state index contributed by atoms with van der Waals surface area (Å²) in [6.07, 6.45) is 0. The first-order valence-corrected chi connectivity index (χ1v) is 4.90. The average molecular weight is 270 g/mol. The molecule has 0 radical (unpaired) electrons. The van der Waals surface area contributed by atoms with Gasteiger partial charge in [-0.3, -0.25) is 5.10 Å². The third kappa shape index (κ3) is 1.63. The molecule has 78 valence electrons. The molecule has 0 unspecified atom stereocenters. The van der Waals surface area contributed by atoms with Gasteiger partial charge in [-0.15, -0.1) is 0 Å². The van der Waals surface area contributed by atoms with Crippen molar-refractivity contribution >= 4 is 21.7 Å². The fourth-order valence-electron chi connectivity index (χ4n) is 1.28. The Morgan fingerprint density at radius 2 is 2.07 bits per heavy atom. The number of rotatable bonds is 1. The maximum atomic E-state index is 9.67. The first-order chi connectivity index (χ1) is 7.09. The zero-order valence-electron chi connectivity index (χ0n) is 7.53. The summed E-state index contributed by atoms with van der Waals surface area (Å²) < 4.78 is 0.640. The van der Waals surface area contributed by atoms with Gasteiger partial charge in [-0.2, -0.15) is 5.10 Å². The summed E-state index contributed by atoms with van der Waals surface area (Å²) in [6, 6.07) is 4.59. The number of phenols is 2. The van der Waals surface area contributed by atoms with Gasteiger partial charge < -0.3 is 15.9 Å². The molecule has 6 heteroatoms. The molecule has 0 aliphatic rings. The summed E-state index contributed by atoms with van der Waals surface area (Å²) in [5, 5.41) is 25.4. The number of H-pyrrole nitrogens is 1. The molecule has 0 spiro atoms. The number of nitrogens with zero attached hydrogens (tertiary/aromatic N) is 1. The van der Waals surface area contributed by atoms with Gasteiger partial charge in [0.05, 0.1) is 11.3 Å². The van der Waals surface area contributed by atoms with Crippen molar-refractivity contribution in [3.05, 3.63) is 22.7 Å². The fraction of sp³-hybridized carbons (Fsp3) is 0. The number of nitrogens with one attached hydrogen (secondary N) is 1. The van der Waals surface area contributed by atoms with Gasteiger partial charge in [0.25, 0.3) is 0 Å². The molecule has 0 aliphatic carbocycles. The number of halogens is 1. The molecule has 15 heavy (non-hydrogen) atoms. The van der Waals surface area contributed by atoms with Crippen molar-refractivity contribution in [2.24, 2.45) is 0 Å². The van der Waals surface area contributed by atoms with Crippen molar-refractivity contribution in [2.75, 3.05) is 5.73 Å². The molecule has 0 saturated heterocycles. The summed E-state index contributed by atoms with van der Waals surface area (Å²) in [5.41, 5.74) is 6.42. The molecule has 1 aromatic heterocycles. The van der Waals surface area contributed by atoms with Gasteiger partial charge in [-0.05, 0) is 28.1 Å². The smallest absolute Gasteiger partial charge is 0.168 e. The average Bonchev–Trinajstić information content (AvgIpc) is 2.59. The van der Waals surface area contributed by atoms with E-state index in [0.717, 1.165) is 0 Å². The molecule has 0 atom stereocenters. The fourth-order valence-corrected chi connectivity index (χ4v) is 1.81. The number of phenolic OH excluding ortho intramolecular Hbond substituents is 2. The standard InChI is InChI=1S/C9H8BrN3O2/c10-4-1-2-6(14)9(15)8(4)5-3-7(11)13-12-5/h1-3,14-15H,(H3,11,12,13). The van der Waals surface area contributed by atoms with Gasteiger partial charge in [-0.25, -0.2) is 0 Å². The lowest BCUT2D eigenvalue weighted by Crippen LogP contribution is -1.82. The molecule has 5 nitrogen and oxygen atoms in total. The Labute approximate surface area is 93.7 Å². The van der Waals surface area contributed by atoms with Gasteiger partial charge in [0.2, 0.25) is 0 Å². The number of nitrogens with two attached hydrogens (primary N) is 1. The zero-order valence-corrected chi connectivity index (χ0v) is 9.12. The van der Waals surface area contributed by atoms with Crippen molar-refractivity contribution in [2.45, 2.75) is 0 Å². The summed E-state index contributed by atoms with van der Waals surface area (Å²) in [6.45, 7) is 0. The number of aromatic nitrogens is 2. The van der Waals surface area contributed by atoms with Crippen molar-refractivity contribution in [3.63, 3.8) is 0 Å². The highest BCUT2D eigenvalue weighted by Gasteiger charge is 2.14. The Morgan fingerprint density at radius 1 is 1.33 bits per heavy atom. The van der Waals surface area contributed by atoms with E-state index in [1.165, 1.54) is 6.07 Å². The molecule has 0 aliphatic heterocycles. The summed E-state index contributed by atoms with van der Waals surface area (Å²) in [5.74, 6) is -0.0889. The highest BCUT2D eigenvalue weighted by molar-refractivity contribution is 9.10. The monoisotopic (exact) mass is 269 g/mol. The minimum absolute atomic E-state index is 0.193. The van der Waals surface area contributed by atoms with Crippen LogP contribution in [-0.4, -0.2) is 20.4 Å². The first kappa shape index (κ1) is 9.85. The van der Waals surface area contributed by atoms with Crippen molar-refractivity contribution in [3.8, 4) is 22.8 Å². The molecule has 0 saturated carbocycles. The quantitative estimate of drug-likeness (QED) is 0.594. The first-order valence-electron chi connectivity index (χ1n) is 4.11. The van der Waals surface area contributed by atoms with E-state index in [-0.39, 0.29) is 11.5 Å². The summed E-state index contributed by atoms with van der Waals surface area (Å²) in [7, 11) is 0. The number of benzene rings is 1. The van der Waals surface area contributed by atoms with E-state index in [0.29, 0.717) is 21.5 Å². The van der Waals surface area contributed by atoms with E-state index in [9.17, 15) is 10.2 Å². The van der Waals surface area contributed by atoms with Crippen LogP contribution in [0.25, 0.3) is 11.3 Å². The second-order valence-corrected chi connectivity index (χ2v) is 3.85. The molecular weight excluding hydrogens is 262 g/mol.